The maximum absolute atomic E-state index is 12.3. The van der Waals surface area contributed by atoms with Gasteiger partial charge in [0.05, 0.1) is 4.90 Å². The maximum Gasteiger partial charge on any atom is 0.332 e. The Labute approximate surface area is 140 Å². The van der Waals surface area contributed by atoms with Crippen LogP contribution in [0.1, 0.15) is 18.4 Å². The Morgan fingerprint density at radius 1 is 1.25 bits per heavy atom. The van der Waals surface area contributed by atoms with Gasteiger partial charge in [0.15, 0.2) is 6.10 Å². The molecule has 1 aliphatic rings. The van der Waals surface area contributed by atoms with Crippen molar-refractivity contribution in [3.05, 3.63) is 29.8 Å². The van der Waals surface area contributed by atoms with E-state index in [2.05, 4.69) is 5.32 Å². The molecule has 2 rings (SSSR count). The molecule has 0 radical (unpaired) electrons. The molecular formula is C15H20N2O6S. The number of carbonyl (C=O) groups excluding carboxylic acids is 1. The molecule has 1 aliphatic heterocycles. The quantitative estimate of drug-likeness (QED) is 0.752. The fourth-order valence-electron chi connectivity index (χ4n) is 2.41. The van der Waals surface area contributed by atoms with Crippen LogP contribution in [0.25, 0.3) is 0 Å². The summed E-state index contributed by atoms with van der Waals surface area (Å²) < 4.78 is 30.9. The van der Waals surface area contributed by atoms with Gasteiger partial charge in [-0.15, -0.1) is 0 Å². The van der Waals surface area contributed by atoms with Crippen LogP contribution in [0.5, 0.6) is 0 Å². The van der Waals surface area contributed by atoms with Gasteiger partial charge in [-0.2, -0.15) is 0 Å². The second-order valence-corrected chi connectivity index (χ2v) is 7.76. The SMILES string of the molecule is CN(C)S(=O)(=O)c1ccccc1CNC(=O)[C@@H]1CC[C@H](C(=O)O)O1. The number of hydrogen-bond donors (Lipinski definition) is 2. The molecule has 0 aromatic heterocycles. The molecule has 0 saturated carbocycles. The van der Waals surface area contributed by atoms with Crippen LogP contribution < -0.4 is 5.32 Å². The summed E-state index contributed by atoms with van der Waals surface area (Å²) in [5.74, 6) is -1.54. The van der Waals surface area contributed by atoms with Crippen molar-refractivity contribution in [3.8, 4) is 0 Å². The molecule has 2 atom stereocenters. The lowest BCUT2D eigenvalue weighted by atomic mass is 10.2. The number of carboxylic acid groups (broad SMARTS) is 1. The number of hydrogen-bond acceptors (Lipinski definition) is 5. The average Bonchev–Trinajstić information content (AvgIpc) is 3.03. The lowest BCUT2D eigenvalue weighted by Gasteiger charge is -2.16. The van der Waals surface area contributed by atoms with Crippen LogP contribution in [-0.2, 0) is 30.9 Å². The van der Waals surface area contributed by atoms with Gasteiger partial charge in [-0.1, -0.05) is 18.2 Å². The Bertz CT molecular complexity index is 731. The van der Waals surface area contributed by atoms with Crippen LogP contribution in [0.15, 0.2) is 29.2 Å². The summed E-state index contributed by atoms with van der Waals surface area (Å²) in [6, 6.07) is 6.39. The molecule has 1 aromatic rings. The second kappa shape index (κ2) is 7.29. The minimum atomic E-state index is -3.62. The molecule has 132 valence electrons. The van der Waals surface area contributed by atoms with E-state index in [1.54, 1.807) is 18.2 Å². The van der Waals surface area contributed by atoms with Crippen LogP contribution >= 0.6 is 0 Å². The standard InChI is InChI=1S/C15H20N2O6S/c1-17(2)24(21,22)13-6-4-3-5-10(13)9-16-14(18)11-7-8-12(23-11)15(19)20/h3-6,11-12H,7-9H2,1-2H3,(H,16,18)(H,19,20)/t11-,12+/m0/s1. The van der Waals surface area contributed by atoms with Crippen LogP contribution in [-0.4, -0.2) is 56.0 Å². The third-order valence-corrected chi connectivity index (χ3v) is 5.69. The summed E-state index contributed by atoms with van der Waals surface area (Å²) in [4.78, 5) is 23.0. The third-order valence-electron chi connectivity index (χ3n) is 3.77. The summed E-state index contributed by atoms with van der Waals surface area (Å²) in [7, 11) is -0.754. The van der Waals surface area contributed by atoms with E-state index in [0.29, 0.717) is 12.0 Å². The summed E-state index contributed by atoms with van der Waals surface area (Å²) in [6.45, 7) is 0.0136. The van der Waals surface area contributed by atoms with Crippen molar-refractivity contribution in [2.45, 2.75) is 36.5 Å². The topological polar surface area (TPSA) is 113 Å². The number of ether oxygens (including phenoxy) is 1. The Morgan fingerprint density at radius 2 is 1.88 bits per heavy atom. The van der Waals surface area contributed by atoms with Gasteiger partial charge in [-0.05, 0) is 24.5 Å². The lowest BCUT2D eigenvalue weighted by Crippen LogP contribution is -2.35. The van der Waals surface area contributed by atoms with Gasteiger partial charge in [0.25, 0.3) is 0 Å². The van der Waals surface area contributed by atoms with Crippen LogP contribution in [0.4, 0.5) is 0 Å². The summed E-state index contributed by atoms with van der Waals surface area (Å²) in [5, 5.41) is 11.5. The van der Waals surface area contributed by atoms with Gasteiger partial charge in [-0.25, -0.2) is 17.5 Å². The molecule has 1 heterocycles. The van der Waals surface area contributed by atoms with Gasteiger partial charge < -0.3 is 15.2 Å². The molecule has 1 amide bonds. The van der Waals surface area contributed by atoms with Crippen molar-refractivity contribution >= 4 is 21.9 Å². The van der Waals surface area contributed by atoms with Gasteiger partial charge >= 0.3 is 5.97 Å². The Kier molecular flexibility index (Phi) is 5.58. The highest BCUT2D eigenvalue weighted by Crippen LogP contribution is 2.21. The monoisotopic (exact) mass is 356 g/mol. The largest absolute Gasteiger partial charge is 0.479 e. The van der Waals surface area contributed by atoms with Crippen LogP contribution in [0, 0.1) is 0 Å². The molecule has 1 aromatic carbocycles. The normalized spacial score (nSPS) is 21.0. The zero-order valence-corrected chi connectivity index (χ0v) is 14.2. The van der Waals surface area contributed by atoms with Gasteiger partial charge in [0.1, 0.15) is 6.10 Å². The highest BCUT2D eigenvalue weighted by atomic mass is 32.2. The van der Waals surface area contributed by atoms with E-state index in [0.717, 1.165) is 4.31 Å². The number of rotatable bonds is 6. The van der Waals surface area contributed by atoms with Gasteiger partial charge in [0, 0.05) is 20.6 Å². The minimum absolute atomic E-state index is 0.0136. The smallest absolute Gasteiger partial charge is 0.332 e. The zero-order chi connectivity index (χ0) is 17.9. The van der Waals surface area contributed by atoms with Crippen molar-refractivity contribution in [2.24, 2.45) is 0 Å². The fourth-order valence-corrected chi connectivity index (χ4v) is 3.52. The third kappa shape index (κ3) is 3.92. The lowest BCUT2D eigenvalue weighted by molar-refractivity contribution is -0.151. The minimum Gasteiger partial charge on any atom is -0.479 e. The predicted molar refractivity (Wildman–Crippen MR) is 84.7 cm³/mol. The Hall–Kier alpha value is -1.97. The number of carboxylic acids is 1. The number of amides is 1. The van der Waals surface area contributed by atoms with Crippen molar-refractivity contribution in [1.29, 1.82) is 0 Å². The number of sulfonamides is 1. The predicted octanol–water partition coefficient (Wildman–Crippen LogP) is 0.185. The van der Waals surface area contributed by atoms with E-state index in [1.807, 2.05) is 0 Å². The molecule has 1 fully saturated rings. The van der Waals surface area contributed by atoms with Crippen molar-refractivity contribution in [1.82, 2.24) is 9.62 Å². The number of aliphatic carboxylic acids is 1. The molecule has 8 nitrogen and oxygen atoms in total. The molecule has 0 aliphatic carbocycles. The highest BCUT2D eigenvalue weighted by Gasteiger charge is 2.34. The van der Waals surface area contributed by atoms with Crippen LogP contribution in [0.2, 0.25) is 0 Å². The second-order valence-electron chi connectivity index (χ2n) is 5.64. The summed E-state index contributed by atoms with van der Waals surface area (Å²) in [6.07, 6.45) is -1.20. The maximum atomic E-state index is 12.3. The number of nitrogens with zero attached hydrogens (tertiary/aromatic N) is 1. The van der Waals surface area contributed by atoms with E-state index >= 15 is 0 Å². The number of carbonyl (C=O) groups is 2. The van der Waals surface area contributed by atoms with Crippen molar-refractivity contribution in [3.63, 3.8) is 0 Å². The zero-order valence-electron chi connectivity index (χ0n) is 13.4. The first-order valence-electron chi connectivity index (χ1n) is 7.40. The van der Waals surface area contributed by atoms with E-state index in [4.69, 9.17) is 9.84 Å². The Balaban J connectivity index is 2.06. The van der Waals surface area contributed by atoms with Gasteiger partial charge in [0.2, 0.25) is 15.9 Å². The molecular weight excluding hydrogens is 336 g/mol. The molecule has 2 N–H and O–H groups in total. The highest BCUT2D eigenvalue weighted by molar-refractivity contribution is 7.89. The van der Waals surface area contributed by atoms with Crippen LogP contribution in [0.3, 0.4) is 0 Å². The molecule has 24 heavy (non-hydrogen) atoms. The van der Waals surface area contributed by atoms with E-state index < -0.39 is 34.1 Å². The molecule has 0 spiro atoms. The van der Waals surface area contributed by atoms with E-state index in [9.17, 15) is 18.0 Å². The molecule has 0 unspecified atom stereocenters. The number of nitrogens with one attached hydrogen (secondary N) is 1. The fraction of sp³-hybridized carbons (Fsp3) is 0.467. The average molecular weight is 356 g/mol. The van der Waals surface area contributed by atoms with Crippen molar-refractivity contribution in [2.75, 3.05) is 14.1 Å². The summed E-state index contributed by atoms with van der Waals surface area (Å²) >= 11 is 0. The van der Waals surface area contributed by atoms with E-state index in [-0.39, 0.29) is 17.9 Å². The van der Waals surface area contributed by atoms with Gasteiger partial charge in [-0.3, -0.25) is 4.79 Å². The molecule has 9 heteroatoms. The first-order chi connectivity index (χ1) is 11.2. The number of benzene rings is 1. The molecule has 1 saturated heterocycles. The van der Waals surface area contributed by atoms with E-state index in [1.165, 1.54) is 20.2 Å². The Morgan fingerprint density at radius 3 is 2.46 bits per heavy atom. The molecule has 0 bridgehead atoms. The van der Waals surface area contributed by atoms with Crippen molar-refractivity contribution < 1.29 is 27.9 Å². The first kappa shape index (κ1) is 18.4. The summed E-state index contributed by atoms with van der Waals surface area (Å²) in [5.41, 5.74) is 0.451. The first-order valence-corrected chi connectivity index (χ1v) is 8.84.